The molecule has 1 amide bonds. The van der Waals surface area contributed by atoms with E-state index in [0.717, 1.165) is 16.5 Å². The average molecular weight is 282 g/mol. The molecule has 0 aliphatic heterocycles. The number of carbonyl (C=O) groups is 1. The third-order valence-corrected chi connectivity index (χ3v) is 3.46. The molecule has 0 bridgehead atoms. The molecule has 0 atom stereocenters. The highest BCUT2D eigenvalue weighted by Crippen LogP contribution is 2.20. The van der Waals surface area contributed by atoms with Crippen LogP contribution in [0.25, 0.3) is 10.9 Å². The molecule has 3 rings (SSSR count). The van der Waals surface area contributed by atoms with E-state index in [0.29, 0.717) is 16.9 Å². The average Bonchev–Trinajstić information content (AvgIpc) is 2.85. The van der Waals surface area contributed by atoms with Crippen molar-refractivity contribution >= 4 is 22.5 Å². The quantitative estimate of drug-likeness (QED) is 0.727. The molecule has 0 spiro atoms. The summed E-state index contributed by atoms with van der Waals surface area (Å²) in [6.07, 6.45) is 0. The number of aromatic amines is 1. The zero-order chi connectivity index (χ0) is 15.0. The van der Waals surface area contributed by atoms with Gasteiger partial charge in [0.15, 0.2) is 0 Å². The highest BCUT2D eigenvalue weighted by Gasteiger charge is 2.11. The van der Waals surface area contributed by atoms with Gasteiger partial charge >= 0.3 is 0 Å². The molecule has 2 N–H and O–H groups in total. The lowest BCUT2D eigenvalue weighted by Crippen LogP contribution is -2.13. The van der Waals surface area contributed by atoms with Crippen LogP contribution in [0.5, 0.6) is 0 Å². The molecule has 0 aliphatic carbocycles. The van der Waals surface area contributed by atoms with Crippen LogP contribution in [0.2, 0.25) is 0 Å². The van der Waals surface area contributed by atoms with Crippen LogP contribution in [-0.4, -0.2) is 10.9 Å². The lowest BCUT2D eigenvalue weighted by atomic mass is 10.2. The zero-order valence-corrected chi connectivity index (χ0v) is 11.8. The van der Waals surface area contributed by atoms with Gasteiger partial charge in [0.1, 0.15) is 11.5 Å². The monoisotopic (exact) mass is 282 g/mol. The molecular formula is C17H15FN2O. The predicted octanol–water partition coefficient (Wildman–Crippen LogP) is 4.18. The van der Waals surface area contributed by atoms with Crippen molar-refractivity contribution < 1.29 is 9.18 Å². The Morgan fingerprint density at radius 3 is 2.67 bits per heavy atom. The Labute approximate surface area is 121 Å². The summed E-state index contributed by atoms with van der Waals surface area (Å²) < 4.78 is 13.1. The summed E-state index contributed by atoms with van der Waals surface area (Å²) in [5, 5.41) is 3.78. The van der Waals surface area contributed by atoms with Gasteiger partial charge in [-0.2, -0.15) is 0 Å². The molecule has 4 heteroatoms. The molecule has 0 fully saturated rings. The van der Waals surface area contributed by atoms with E-state index in [2.05, 4.69) is 10.3 Å². The van der Waals surface area contributed by atoms with Crippen molar-refractivity contribution in [3.63, 3.8) is 0 Å². The van der Waals surface area contributed by atoms with Crippen molar-refractivity contribution in [1.82, 2.24) is 4.98 Å². The van der Waals surface area contributed by atoms with Gasteiger partial charge in [0.25, 0.3) is 5.91 Å². The Balaban J connectivity index is 1.89. The van der Waals surface area contributed by atoms with Gasteiger partial charge in [-0.25, -0.2) is 4.39 Å². The van der Waals surface area contributed by atoms with Gasteiger partial charge in [0.05, 0.1) is 0 Å². The molecule has 0 aliphatic rings. The second-order valence-corrected chi connectivity index (χ2v) is 5.19. The van der Waals surface area contributed by atoms with E-state index in [9.17, 15) is 9.18 Å². The zero-order valence-electron chi connectivity index (χ0n) is 11.8. The van der Waals surface area contributed by atoms with Crippen LogP contribution in [0.4, 0.5) is 10.1 Å². The number of hydrogen-bond acceptors (Lipinski definition) is 1. The molecule has 1 aromatic heterocycles. The molecule has 0 saturated carbocycles. The minimum atomic E-state index is -0.313. The van der Waals surface area contributed by atoms with Crippen LogP contribution >= 0.6 is 0 Å². The summed E-state index contributed by atoms with van der Waals surface area (Å²) >= 11 is 0. The number of H-pyrrole nitrogens is 1. The molecule has 0 unspecified atom stereocenters. The van der Waals surface area contributed by atoms with E-state index in [-0.39, 0.29) is 11.7 Å². The summed E-state index contributed by atoms with van der Waals surface area (Å²) in [6.45, 7) is 3.76. The van der Waals surface area contributed by atoms with Gasteiger partial charge in [-0.1, -0.05) is 12.1 Å². The highest BCUT2D eigenvalue weighted by molar-refractivity contribution is 6.06. The van der Waals surface area contributed by atoms with E-state index in [1.165, 1.54) is 12.1 Å². The fourth-order valence-corrected chi connectivity index (χ4v) is 2.32. The Kier molecular flexibility index (Phi) is 3.22. The van der Waals surface area contributed by atoms with Crippen LogP contribution in [0.1, 0.15) is 21.6 Å². The summed E-state index contributed by atoms with van der Waals surface area (Å²) in [5.74, 6) is -0.551. The first-order valence-corrected chi connectivity index (χ1v) is 6.70. The van der Waals surface area contributed by atoms with Crippen molar-refractivity contribution in [1.29, 1.82) is 0 Å². The van der Waals surface area contributed by atoms with Gasteiger partial charge in [0, 0.05) is 16.6 Å². The third kappa shape index (κ3) is 2.65. The Hall–Kier alpha value is -2.62. The van der Waals surface area contributed by atoms with Crippen molar-refractivity contribution in [2.75, 3.05) is 5.32 Å². The second-order valence-electron chi connectivity index (χ2n) is 5.19. The number of halogens is 1. The Morgan fingerprint density at radius 1 is 1.10 bits per heavy atom. The number of fused-ring (bicyclic) bond motifs is 1. The van der Waals surface area contributed by atoms with Gasteiger partial charge in [-0.15, -0.1) is 0 Å². The minimum absolute atomic E-state index is 0.237. The van der Waals surface area contributed by atoms with Crippen molar-refractivity contribution in [2.24, 2.45) is 0 Å². The molecule has 0 radical (unpaired) electrons. The van der Waals surface area contributed by atoms with Crippen LogP contribution in [0, 0.1) is 19.7 Å². The molecule has 2 aromatic carbocycles. The van der Waals surface area contributed by atoms with E-state index in [1.54, 1.807) is 13.0 Å². The first-order chi connectivity index (χ1) is 10.0. The first-order valence-electron chi connectivity index (χ1n) is 6.70. The lowest BCUT2D eigenvalue weighted by Gasteiger charge is -2.07. The molecule has 3 nitrogen and oxygen atoms in total. The number of rotatable bonds is 2. The van der Waals surface area contributed by atoms with Gasteiger partial charge < -0.3 is 10.3 Å². The summed E-state index contributed by atoms with van der Waals surface area (Å²) in [7, 11) is 0. The van der Waals surface area contributed by atoms with E-state index < -0.39 is 0 Å². The van der Waals surface area contributed by atoms with Gasteiger partial charge in [-0.05, 0) is 55.3 Å². The van der Waals surface area contributed by atoms with E-state index in [1.807, 2.05) is 31.2 Å². The highest BCUT2D eigenvalue weighted by atomic mass is 19.1. The van der Waals surface area contributed by atoms with E-state index in [4.69, 9.17) is 0 Å². The van der Waals surface area contributed by atoms with E-state index >= 15 is 0 Å². The summed E-state index contributed by atoms with van der Waals surface area (Å²) in [5.41, 5.74) is 3.84. The number of hydrogen-bond donors (Lipinski definition) is 2. The SMILES string of the molecule is Cc1ccc2cc(C(=O)Nc3ccc(F)cc3C)[nH]c2c1. The fourth-order valence-electron chi connectivity index (χ4n) is 2.32. The van der Waals surface area contributed by atoms with Crippen molar-refractivity contribution in [3.8, 4) is 0 Å². The maximum atomic E-state index is 13.1. The normalized spacial score (nSPS) is 10.8. The van der Waals surface area contributed by atoms with Gasteiger partial charge in [-0.3, -0.25) is 4.79 Å². The summed E-state index contributed by atoms with van der Waals surface area (Å²) in [6, 6.07) is 12.1. The lowest BCUT2D eigenvalue weighted by molar-refractivity contribution is 0.102. The van der Waals surface area contributed by atoms with Gasteiger partial charge in [0.2, 0.25) is 0 Å². The Bertz CT molecular complexity index is 836. The number of anilines is 1. The van der Waals surface area contributed by atoms with Crippen LogP contribution in [-0.2, 0) is 0 Å². The largest absolute Gasteiger partial charge is 0.351 e. The third-order valence-electron chi connectivity index (χ3n) is 3.46. The van der Waals surface area contributed by atoms with Crippen molar-refractivity contribution in [2.45, 2.75) is 13.8 Å². The Morgan fingerprint density at radius 2 is 1.90 bits per heavy atom. The first kappa shape index (κ1) is 13.4. The molecule has 3 aromatic rings. The fraction of sp³-hybridized carbons (Fsp3) is 0.118. The van der Waals surface area contributed by atoms with Crippen LogP contribution in [0.3, 0.4) is 0 Å². The predicted molar refractivity (Wildman–Crippen MR) is 82.1 cm³/mol. The maximum Gasteiger partial charge on any atom is 0.272 e. The minimum Gasteiger partial charge on any atom is -0.351 e. The molecule has 21 heavy (non-hydrogen) atoms. The number of carbonyl (C=O) groups excluding carboxylic acids is 1. The second kappa shape index (κ2) is 5.05. The maximum absolute atomic E-state index is 13.1. The molecule has 0 saturated heterocycles. The molecular weight excluding hydrogens is 267 g/mol. The number of amides is 1. The summed E-state index contributed by atoms with van der Waals surface area (Å²) in [4.78, 5) is 15.4. The number of aryl methyl sites for hydroxylation is 2. The standard InChI is InChI=1S/C17H15FN2O/c1-10-3-4-12-9-16(19-15(12)7-10)17(21)20-14-6-5-13(18)8-11(14)2/h3-9,19H,1-2H3,(H,20,21). The number of aromatic nitrogens is 1. The molecule has 106 valence electrons. The van der Waals surface area contributed by atoms with Crippen LogP contribution in [0.15, 0.2) is 42.5 Å². The smallest absolute Gasteiger partial charge is 0.272 e. The number of nitrogens with one attached hydrogen (secondary N) is 2. The van der Waals surface area contributed by atoms with Crippen molar-refractivity contribution in [3.05, 3.63) is 65.1 Å². The topological polar surface area (TPSA) is 44.9 Å². The molecule has 1 heterocycles. The number of benzene rings is 2. The van der Waals surface area contributed by atoms with Crippen LogP contribution < -0.4 is 5.32 Å².